The van der Waals surface area contributed by atoms with Gasteiger partial charge < -0.3 is 0 Å². The highest BCUT2D eigenvalue weighted by atomic mass is 32.1. The summed E-state index contributed by atoms with van der Waals surface area (Å²) in [6, 6.07) is 1.99. The number of aryl methyl sites for hydroxylation is 1. The summed E-state index contributed by atoms with van der Waals surface area (Å²) in [6.07, 6.45) is 3.64. The van der Waals surface area contributed by atoms with Gasteiger partial charge in [0.25, 0.3) is 0 Å². The number of hydrogen-bond acceptors (Lipinski definition) is 2. The lowest BCUT2D eigenvalue weighted by molar-refractivity contribution is 1.20. The summed E-state index contributed by atoms with van der Waals surface area (Å²) in [5.74, 6) is 0.800. The lowest BCUT2D eigenvalue weighted by Crippen LogP contribution is -1.83. The zero-order valence-electron chi connectivity index (χ0n) is 5.33. The van der Waals surface area contributed by atoms with Gasteiger partial charge in [-0.2, -0.15) is 12.6 Å². The normalized spacial score (nSPS) is 9.56. The number of thiol groups is 1. The Morgan fingerprint density at radius 1 is 1.67 bits per heavy atom. The molecule has 48 valence electrons. The zero-order chi connectivity index (χ0) is 6.69. The van der Waals surface area contributed by atoms with Gasteiger partial charge in [0.15, 0.2) is 0 Å². The van der Waals surface area contributed by atoms with Crippen molar-refractivity contribution >= 4 is 12.6 Å². The van der Waals surface area contributed by atoms with E-state index >= 15 is 0 Å². The monoisotopic (exact) mass is 139 g/mol. The lowest BCUT2D eigenvalue weighted by atomic mass is 10.2. The molecule has 1 nitrogen and oxygen atoms in total. The predicted molar refractivity (Wildman–Crippen MR) is 41.7 cm³/mol. The molecule has 1 aromatic rings. The first kappa shape index (κ1) is 6.62. The molecule has 2 heteroatoms. The zero-order valence-corrected chi connectivity index (χ0v) is 6.23. The van der Waals surface area contributed by atoms with E-state index in [1.165, 1.54) is 11.1 Å². The summed E-state index contributed by atoms with van der Waals surface area (Å²) >= 11 is 4.15. The van der Waals surface area contributed by atoms with Crippen LogP contribution in [0.3, 0.4) is 0 Å². The van der Waals surface area contributed by atoms with Crippen LogP contribution in [0.5, 0.6) is 0 Å². The molecule has 1 aromatic heterocycles. The summed E-state index contributed by atoms with van der Waals surface area (Å²) < 4.78 is 0. The molecule has 1 heterocycles. The molecule has 9 heavy (non-hydrogen) atoms. The van der Waals surface area contributed by atoms with E-state index in [9.17, 15) is 0 Å². The van der Waals surface area contributed by atoms with Crippen LogP contribution in [0.15, 0.2) is 18.5 Å². The van der Waals surface area contributed by atoms with E-state index in [2.05, 4.69) is 17.6 Å². The molecule has 0 unspecified atom stereocenters. The summed E-state index contributed by atoms with van der Waals surface area (Å²) in [5.41, 5.74) is 2.47. The third kappa shape index (κ3) is 1.45. The molecule has 0 aliphatic heterocycles. The molecule has 0 N–H and O–H groups in total. The average molecular weight is 139 g/mol. The van der Waals surface area contributed by atoms with E-state index in [0.717, 1.165) is 5.75 Å². The highest BCUT2D eigenvalue weighted by Crippen LogP contribution is 2.06. The summed E-state index contributed by atoms with van der Waals surface area (Å²) in [5, 5.41) is 0. The second-order valence-electron chi connectivity index (χ2n) is 1.96. The quantitative estimate of drug-likeness (QED) is 0.585. The van der Waals surface area contributed by atoms with Gasteiger partial charge in [-0.15, -0.1) is 0 Å². The Balaban J connectivity index is 3.01. The largest absolute Gasteiger partial charge is 0.264 e. The van der Waals surface area contributed by atoms with Gasteiger partial charge in [0, 0.05) is 18.1 Å². The number of pyridine rings is 1. The molecule has 0 bridgehead atoms. The van der Waals surface area contributed by atoms with Gasteiger partial charge in [-0.05, 0) is 24.1 Å². The van der Waals surface area contributed by atoms with Gasteiger partial charge in [-0.3, -0.25) is 4.98 Å². The van der Waals surface area contributed by atoms with Crippen LogP contribution < -0.4 is 0 Å². The van der Waals surface area contributed by atoms with E-state index in [4.69, 9.17) is 0 Å². The van der Waals surface area contributed by atoms with Gasteiger partial charge >= 0.3 is 0 Å². The lowest BCUT2D eigenvalue weighted by Gasteiger charge is -1.97. The van der Waals surface area contributed by atoms with Crippen molar-refractivity contribution in [1.29, 1.82) is 0 Å². The molecule has 0 radical (unpaired) electrons. The van der Waals surface area contributed by atoms with Crippen LogP contribution in [0.1, 0.15) is 11.1 Å². The van der Waals surface area contributed by atoms with E-state index in [-0.39, 0.29) is 0 Å². The molecular formula is C7H9NS. The Morgan fingerprint density at radius 3 is 2.89 bits per heavy atom. The summed E-state index contributed by atoms with van der Waals surface area (Å²) in [6.45, 7) is 2.04. The Morgan fingerprint density at radius 2 is 2.44 bits per heavy atom. The maximum atomic E-state index is 4.15. The van der Waals surface area contributed by atoms with Crippen LogP contribution in [0.2, 0.25) is 0 Å². The van der Waals surface area contributed by atoms with Crippen LogP contribution in [0.25, 0.3) is 0 Å². The predicted octanol–water partition coefficient (Wildman–Crippen LogP) is 1.82. The third-order valence-corrected chi connectivity index (χ3v) is 1.65. The van der Waals surface area contributed by atoms with Crippen molar-refractivity contribution in [3.8, 4) is 0 Å². The van der Waals surface area contributed by atoms with Gasteiger partial charge in [0.2, 0.25) is 0 Å². The minimum absolute atomic E-state index is 0.800. The van der Waals surface area contributed by atoms with E-state index < -0.39 is 0 Å². The summed E-state index contributed by atoms with van der Waals surface area (Å²) in [4.78, 5) is 3.96. The van der Waals surface area contributed by atoms with Crippen LogP contribution in [-0.4, -0.2) is 4.98 Å². The van der Waals surface area contributed by atoms with Crippen molar-refractivity contribution < 1.29 is 0 Å². The number of hydrogen-bond donors (Lipinski definition) is 1. The number of aromatic nitrogens is 1. The Bertz CT molecular complexity index is 198. The third-order valence-electron chi connectivity index (χ3n) is 1.31. The van der Waals surface area contributed by atoms with Crippen molar-refractivity contribution in [2.75, 3.05) is 0 Å². The van der Waals surface area contributed by atoms with Gasteiger partial charge in [0.05, 0.1) is 0 Å². The van der Waals surface area contributed by atoms with E-state index in [0.29, 0.717) is 0 Å². The van der Waals surface area contributed by atoms with Crippen LogP contribution in [-0.2, 0) is 5.75 Å². The minimum Gasteiger partial charge on any atom is -0.264 e. The van der Waals surface area contributed by atoms with Crippen LogP contribution in [0, 0.1) is 6.92 Å². The molecule has 0 atom stereocenters. The molecular weight excluding hydrogens is 130 g/mol. The van der Waals surface area contributed by atoms with E-state index in [1.54, 1.807) is 6.20 Å². The fourth-order valence-corrected chi connectivity index (χ4v) is 1.03. The van der Waals surface area contributed by atoms with Crippen molar-refractivity contribution in [3.63, 3.8) is 0 Å². The van der Waals surface area contributed by atoms with Crippen molar-refractivity contribution in [2.24, 2.45) is 0 Å². The first-order valence-electron chi connectivity index (χ1n) is 2.85. The van der Waals surface area contributed by atoms with Crippen molar-refractivity contribution in [1.82, 2.24) is 4.98 Å². The summed E-state index contributed by atoms with van der Waals surface area (Å²) in [7, 11) is 0. The highest BCUT2D eigenvalue weighted by Gasteiger charge is 1.91. The fraction of sp³-hybridized carbons (Fsp3) is 0.286. The number of rotatable bonds is 1. The van der Waals surface area contributed by atoms with Gasteiger partial charge in [0.1, 0.15) is 0 Å². The molecule has 0 aliphatic carbocycles. The Labute approximate surface area is 60.5 Å². The highest BCUT2D eigenvalue weighted by molar-refractivity contribution is 7.79. The SMILES string of the molecule is Cc1cnccc1CS. The molecule has 0 amide bonds. The average Bonchev–Trinajstić information content (AvgIpc) is 1.89. The molecule has 0 aliphatic rings. The molecule has 0 aromatic carbocycles. The fourth-order valence-electron chi connectivity index (χ4n) is 0.680. The smallest absolute Gasteiger partial charge is 0.0300 e. The topological polar surface area (TPSA) is 12.9 Å². The standard InChI is InChI=1S/C7H9NS/c1-6-4-8-3-2-7(6)5-9/h2-4,9H,5H2,1H3. The minimum atomic E-state index is 0.800. The van der Waals surface area contributed by atoms with Gasteiger partial charge in [-0.25, -0.2) is 0 Å². The van der Waals surface area contributed by atoms with Crippen molar-refractivity contribution in [3.05, 3.63) is 29.6 Å². The molecule has 0 saturated carbocycles. The second-order valence-corrected chi connectivity index (χ2v) is 2.28. The maximum Gasteiger partial charge on any atom is 0.0300 e. The molecule has 0 fully saturated rings. The maximum absolute atomic E-state index is 4.15. The van der Waals surface area contributed by atoms with Gasteiger partial charge in [-0.1, -0.05) is 0 Å². The van der Waals surface area contributed by atoms with Crippen molar-refractivity contribution in [2.45, 2.75) is 12.7 Å². The Hall–Kier alpha value is -0.500. The Kier molecular flexibility index (Phi) is 2.11. The molecule has 1 rings (SSSR count). The molecule has 0 spiro atoms. The van der Waals surface area contributed by atoms with E-state index in [1.807, 2.05) is 19.2 Å². The first-order chi connectivity index (χ1) is 4.34. The molecule has 0 saturated heterocycles. The first-order valence-corrected chi connectivity index (χ1v) is 3.48. The second kappa shape index (κ2) is 2.87. The number of nitrogens with zero attached hydrogens (tertiary/aromatic N) is 1. The van der Waals surface area contributed by atoms with Crippen LogP contribution in [0.4, 0.5) is 0 Å². The van der Waals surface area contributed by atoms with Crippen LogP contribution >= 0.6 is 12.6 Å².